The SMILES string of the molecule is CC1(C)CCSc2ccc(C(/C=C/c3ccc(C(=O)O)cc3)CCc3ccccc3)cc21. The summed E-state index contributed by atoms with van der Waals surface area (Å²) >= 11 is 1.97. The largest absolute Gasteiger partial charge is 0.478 e. The third kappa shape index (κ3) is 5.34. The van der Waals surface area contributed by atoms with Crippen molar-refractivity contribution in [3.63, 3.8) is 0 Å². The molecule has 0 aromatic heterocycles. The van der Waals surface area contributed by atoms with Gasteiger partial charge in [-0.1, -0.05) is 80.6 Å². The second-order valence-corrected chi connectivity index (χ2v) is 10.3. The lowest BCUT2D eigenvalue weighted by Crippen LogP contribution is -2.23. The number of hydrogen-bond acceptors (Lipinski definition) is 2. The van der Waals surface area contributed by atoms with Gasteiger partial charge < -0.3 is 5.11 Å². The molecule has 1 unspecified atom stereocenters. The third-order valence-electron chi connectivity index (χ3n) is 6.41. The van der Waals surface area contributed by atoms with Crippen molar-refractivity contribution in [2.24, 2.45) is 0 Å². The van der Waals surface area contributed by atoms with E-state index in [9.17, 15) is 4.79 Å². The minimum absolute atomic E-state index is 0.205. The van der Waals surface area contributed by atoms with Gasteiger partial charge in [-0.25, -0.2) is 4.79 Å². The summed E-state index contributed by atoms with van der Waals surface area (Å²) in [7, 11) is 0. The number of carbonyl (C=O) groups is 1. The average Bonchev–Trinajstić information content (AvgIpc) is 2.80. The number of fused-ring (bicyclic) bond motifs is 1. The van der Waals surface area contributed by atoms with Crippen molar-refractivity contribution in [2.45, 2.75) is 49.3 Å². The zero-order valence-corrected chi connectivity index (χ0v) is 19.6. The average molecular weight is 443 g/mol. The molecular formula is C29H30O2S. The van der Waals surface area contributed by atoms with Gasteiger partial charge in [0.15, 0.2) is 0 Å². The van der Waals surface area contributed by atoms with Gasteiger partial charge in [-0.05, 0) is 70.9 Å². The van der Waals surface area contributed by atoms with E-state index >= 15 is 0 Å². The molecule has 0 spiro atoms. The van der Waals surface area contributed by atoms with Gasteiger partial charge in [0.25, 0.3) is 0 Å². The molecule has 0 aliphatic carbocycles. The first-order valence-corrected chi connectivity index (χ1v) is 12.2. The maximum atomic E-state index is 11.1. The fourth-order valence-electron chi connectivity index (χ4n) is 4.29. The van der Waals surface area contributed by atoms with E-state index < -0.39 is 5.97 Å². The van der Waals surface area contributed by atoms with Crippen LogP contribution in [0.1, 0.15) is 65.2 Å². The van der Waals surface area contributed by atoms with Crippen LogP contribution < -0.4 is 0 Å². The summed E-state index contributed by atoms with van der Waals surface area (Å²) in [6.45, 7) is 4.71. The highest BCUT2D eigenvalue weighted by molar-refractivity contribution is 7.99. The van der Waals surface area contributed by atoms with Gasteiger partial charge in [0.05, 0.1) is 5.56 Å². The lowest BCUT2D eigenvalue weighted by Gasteiger charge is -2.33. The molecule has 3 aromatic rings. The van der Waals surface area contributed by atoms with Crippen molar-refractivity contribution >= 4 is 23.8 Å². The molecular weight excluding hydrogens is 412 g/mol. The zero-order valence-electron chi connectivity index (χ0n) is 18.8. The van der Waals surface area contributed by atoms with E-state index in [1.165, 1.54) is 33.8 Å². The number of aryl methyl sites for hydroxylation is 1. The van der Waals surface area contributed by atoms with Crippen LogP contribution >= 0.6 is 11.8 Å². The van der Waals surface area contributed by atoms with E-state index in [0.29, 0.717) is 11.5 Å². The molecule has 4 rings (SSSR count). The molecule has 0 bridgehead atoms. The van der Waals surface area contributed by atoms with Gasteiger partial charge in [0.2, 0.25) is 0 Å². The van der Waals surface area contributed by atoms with E-state index in [1.807, 2.05) is 23.9 Å². The lowest BCUT2D eigenvalue weighted by atomic mass is 9.79. The van der Waals surface area contributed by atoms with Gasteiger partial charge in [0.1, 0.15) is 0 Å². The Morgan fingerprint density at radius 1 is 1.06 bits per heavy atom. The van der Waals surface area contributed by atoms with Crippen LogP contribution in [0.15, 0.2) is 83.8 Å². The van der Waals surface area contributed by atoms with E-state index in [0.717, 1.165) is 18.4 Å². The predicted molar refractivity (Wildman–Crippen MR) is 135 cm³/mol. The van der Waals surface area contributed by atoms with Crippen LogP contribution in [0.2, 0.25) is 0 Å². The summed E-state index contributed by atoms with van der Waals surface area (Å²) in [6.07, 6.45) is 7.65. The molecule has 32 heavy (non-hydrogen) atoms. The fourth-order valence-corrected chi connectivity index (χ4v) is 5.78. The second-order valence-electron chi connectivity index (χ2n) is 9.15. The molecule has 0 fully saturated rings. The van der Waals surface area contributed by atoms with E-state index in [-0.39, 0.29) is 5.41 Å². The van der Waals surface area contributed by atoms with Crippen LogP contribution in [-0.2, 0) is 11.8 Å². The number of aromatic carboxylic acids is 1. The van der Waals surface area contributed by atoms with Crippen molar-refractivity contribution in [3.8, 4) is 0 Å². The Hall–Kier alpha value is -2.78. The fraction of sp³-hybridized carbons (Fsp3) is 0.276. The van der Waals surface area contributed by atoms with Crippen molar-refractivity contribution in [2.75, 3.05) is 5.75 Å². The molecule has 1 aliphatic heterocycles. The molecule has 0 radical (unpaired) electrons. The topological polar surface area (TPSA) is 37.3 Å². The molecule has 0 saturated carbocycles. The summed E-state index contributed by atoms with van der Waals surface area (Å²) in [6, 6.07) is 24.8. The summed E-state index contributed by atoms with van der Waals surface area (Å²) in [5, 5.41) is 9.14. The van der Waals surface area contributed by atoms with Crippen molar-refractivity contribution in [1.82, 2.24) is 0 Å². The number of benzene rings is 3. The van der Waals surface area contributed by atoms with Crippen molar-refractivity contribution in [3.05, 3.63) is 107 Å². The highest BCUT2D eigenvalue weighted by Gasteiger charge is 2.28. The molecule has 3 heteroatoms. The molecule has 2 nitrogen and oxygen atoms in total. The Morgan fingerprint density at radius 2 is 1.81 bits per heavy atom. The monoisotopic (exact) mass is 442 g/mol. The van der Waals surface area contributed by atoms with Gasteiger partial charge >= 0.3 is 5.97 Å². The van der Waals surface area contributed by atoms with Crippen LogP contribution in [0, 0.1) is 0 Å². The lowest BCUT2D eigenvalue weighted by molar-refractivity contribution is 0.0697. The van der Waals surface area contributed by atoms with Gasteiger partial charge in [-0.2, -0.15) is 0 Å². The van der Waals surface area contributed by atoms with Crippen LogP contribution in [0.5, 0.6) is 0 Å². The predicted octanol–water partition coefficient (Wildman–Crippen LogP) is 7.59. The smallest absolute Gasteiger partial charge is 0.335 e. The highest BCUT2D eigenvalue weighted by Crippen LogP contribution is 2.43. The first-order chi connectivity index (χ1) is 15.4. The maximum Gasteiger partial charge on any atom is 0.335 e. The zero-order chi connectivity index (χ0) is 22.6. The highest BCUT2D eigenvalue weighted by atomic mass is 32.2. The van der Waals surface area contributed by atoms with Gasteiger partial charge in [0, 0.05) is 10.8 Å². The van der Waals surface area contributed by atoms with Gasteiger partial charge in [-0.15, -0.1) is 11.8 Å². The number of carboxylic acid groups (broad SMARTS) is 1. The summed E-state index contributed by atoms with van der Waals surface area (Å²) in [5.41, 5.74) is 5.72. The second kappa shape index (κ2) is 9.79. The quantitative estimate of drug-likeness (QED) is 0.409. The summed E-state index contributed by atoms with van der Waals surface area (Å²) < 4.78 is 0. The molecule has 1 atom stereocenters. The molecule has 164 valence electrons. The van der Waals surface area contributed by atoms with E-state index in [2.05, 4.69) is 74.5 Å². The molecule has 1 N–H and O–H groups in total. The van der Waals surface area contributed by atoms with Gasteiger partial charge in [-0.3, -0.25) is 0 Å². The van der Waals surface area contributed by atoms with Crippen LogP contribution in [0.25, 0.3) is 6.08 Å². The first kappa shape index (κ1) is 22.4. The molecule has 1 aliphatic rings. The standard InChI is InChI=1S/C29H30O2S/c1-29(2)18-19-32-27-17-16-25(20-26(27)29)23(12-8-21-6-4-3-5-7-21)13-9-22-10-14-24(15-11-22)28(30)31/h3-7,9-11,13-17,20,23H,8,12,18-19H2,1-2H3,(H,30,31)/b13-9+. The van der Waals surface area contributed by atoms with E-state index in [1.54, 1.807) is 12.1 Å². The number of rotatable bonds is 7. The molecule has 1 heterocycles. The number of thioether (sulfide) groups is 1. The van der Waals surface area contributed by atoms with E-state index in [4.69, 9.17) is 5.11 Å². The minimum atomic E-state index is -0.893. The Morgan fingerprint density at radius 3 is 2.53 bits per heavy atom. The summed E-state index contributed by atoms with van der Waals surface area (Å²) in [5.74, 6) is 0.585. The van der Waals surface area contributed by atoms with Crippen LogP contribution in [0.4, 0.5) is 0 Å². The molecule has 3 aromatic carbocycles. The van der Waals surface area contributed by atoms with Crippen molar-refractivity contribution < 1.29 is 9.90 Å². The minimum Gasteiger partial charge on any atom is -0.478 e. The van der Waals surface area contributed by atoms with Crippen LogP contribution in [0.3, 0.4) is 0 Å². The Kier molecular flexibility index (Phi) is 6.86. The maximum absolute atomic E-state index is 11.1. The Balaban J connectivity index is 1.62. The normalized spacial score (nSPS) is 15.9. The first-order valence-electron chi connectivity index (χ1n) is 11.2. The van der Waals surface area contributed by atoms with Crippen LogP contribution in [-0.4, -0.2) is 16.8 Å². The number of carboxylic acids is 1. The Bertz CT molecular complexity index is 1100. The molecule has 0 amide bonds. The summed E-state index contributed by atoms with van der Waals surface area (Å²) in [4.78, 5) is 12.6. The molecule has 0 saturated heterocycles. The third-order valence-corrected chi connectivity index (χ3v) is 7.49. The van der Waals surface area contributed by atoms with Crippen molar-refractivity contribution in [1.29, 1.82) is 0 Å². The number of hydrogen-bond donors (Lipinski definition) is 1. The number of allylic oxidation sites excluding steroid dienone is 1. The Labute approximate surface area is 195 Å².